The number of rotatable bonds is 4. The summed E-state index contributed by atoms with van der Waals surface area (Å²) in [5, 5.41) is 6.57. The maximum Gasteiger partial charge on any atom is 0.264 e. The molecule has 1 saturated heterocycles. The van der Waals surface area contributed by atoms with Crippen LogP contribution in [0.25, 0.3) is 21.8 Å². The summed E-state index contributed by atoms with van der Waals surface area (Å²) in [6.07, 6.45) is 2.50. The highest BCUT2D eigenvalue weighted by Gasteiger charge is 2.26. The van der Waals surface area contributed by atoms with Gasteiger partial charge in [0, 0.05) is 17.7 Å². The van der Waals surface area contributed by atoms with E-state index in [1.165, 1.54) is 11.3 Å². The smallest absolute Gasteiger partial charge is 0.264 e. The Kier molecular flexibility index (Phi) is 5.48. The van der Waals surface area contributed by atoms with Gasteiger partial charge in [0.25, 0.3) is 5.91 Å². The minimum atomic E-state index is -0.499. The molecule has 1 aliphatic rings. The second-order valence-electron chi connectivity index (χ2n) is 6.74. The Hall–Kier alpha value is -2.99. The minimum absolute atomic E-state index is 0.111. The van der Waals surface area contributed by atoms with Gasteiger partial charge in [-0.05, 0) is 19.3 Å². The molecule has 142 valence electrons. The topological polar surface area (TPSA) is 71.1 Å². The lowest BCUT2D eigenvalue weighted by molar-refractivity contribution is -0.122. The van der Waals surface area contributed by atoms with Crippen molar-refractivity contribution < 1.29 is 9.59 Å². The monoisotopic (exact) mass is 391 g/mol. The van der Waals surface area contributed by atoms with Gasteiger partial charge in [-0.3, -0.25) is 9.59 Å². The molecular formula is C22H21N3O2S. The first-order chi connectivity index (χ1) is 13.7. The lowest BCUT2D eigenvalue weighted by Gasteiger charge is -2.15. The number of nitrogens with zero attached hydrogens (tertiary/aromatic N) is 1. The molecule has 0 spiro atoms. The second-order valence-corrected chi connectivity index (χ2v) is 7.74. The molecule has 2 N–H and O–H groups in total. The summed E-state index contributed by atoms with van der Waals surface area (Å²) in [7, 11) is 0. The van der Waals surface area contributed by atoms with Crippen LogP contribution < -0.4 is 10.6 Å². The average Bonchev–Trinajstić information content (AvgIpc) is 3.10. The van der Waals surface area contributed by atoms with E-state index < -0.39 is 6.04 Å². The van der Waals surface area contributed by atoms with Crippen molar-refractivity contribution in [2.75, 3.05) is 6.54 Å². The van der Waals surface area contributed by atoms with E-state index >= 15 is 0 Å². The van der Waals surface area contributed by atoms with Crippen LogP contribution in [-0.2, 0) is 4.79 Å². The molecule has 2 amide bonds. The van der Waals surface area contributed by atoms with Gasteiger partial charge in [-0.1, -0.05) is 60.7 Å². The highest BCUT2D eigenvalue weighted by molar-refractivity contribution is 7.17. The maximum absolute atomic E-state index is 13.1. The Labute approximate surface area is 167 Å². The third-order valence-electron chi connectivity index (χ3n) is 4.74. The highest BCUT2D eigenvalue weighted by Crippen LogP contribution is 2.34. The van der Waals surface area contributed by atoms with Crippen LogP contribution in [0.5, 0.6) is 0 Å². The Balaban J connectivity index is 1.69. The third-order valence-corrected chi connectivity index (χ3v) is 5.85. The summed E-state index contributed by atoms with van der Waals surface area (Å²) in [6, 6.07) is 19.0. The first-order valence-electron chi connectivity index (χ1n) is 9.42. The molecule has 1 fully saturated rings. The SMILES string of the molecule is O=C(NC1CCCCNC1=O)c1sc(-c2ccccc2)nc1-c1ccccc1. The molecular weight excluding hydrogens is 370 g/mol. The van der Waals surface area contributed by atoms with Crippen LogP contribution in [0.15, 0.2) is 60.7 Å². The van der Waals surface area contributed by atoms with Gasteiger partial charge in [-0.25, -0.2) is 4.98 Å². The molecule has 1 aromatic heterocycles. The molecule has 5 nitrogen and oxygen atoms in total. The first-order valence-corrected chi connectivity index (χ1v) is 10.2. The van der Waals surface area contributed by atoms with Gasteiger partial charge in [-0.15, -0.1) is 11.3 Å². The van der Waals surface area contributed by atoms with Crippen LogP contribution in [0.4, 0.5) is 0 Å². The Morgan fingerprint density at radius 3 is 2.39 bits per heavy atom. The Bertz CT molecular complexity index is 970. The van der Waals surface area contributed by atoms with E-state index in [1.54, 1.807) is 0 Å². The largest absolute Gasteiger partial charge is 0.354 e. The van der Waals surface area contributed by atoms with Crippen molar-refractivity contribution in [3.8, 4) is 21.8 Å². The number of amides is 2. The Morgan fingerprint density at radius 2 is 1.68 bits per heavy atom. The molecule has 28 heavy (non-hydrogen) atoms. The molecule has 3 aromatic rings. The molecule has 0 aliphatic carbocycles. The van der Waals surface area contributed by atoms with Gasteiger partial charge in [0.05, 0.1) is 5.69 Å². The van der Waals surface area contributed by atoms with E-state index in [9.17, 15) is 9.59 Å². The number of carbonyl (C=O) groups is 2. The number of aromatic nitrogens is 1. The normalized spacial score (nSPS) is 16.9. The number of hydrogen-bond donors (Lipinski definition) is 2. The van der Waals surface area contributed by atoms with Crippen LogP contribution in [0.3, 0.4) is 0 Å². The van der Waals surface area contributed by atoms with Crippen molar-refractivity contribution in [3.63, 3.8) is 0 Å². The van der Waals surface area contributed by atoms with Crippen molar-refractivity contribution in [2.45, 2.75) is 25.3 Å². The third kappa shape index (κ3) is 3.97. The quantitative estimate of drug-likeness (QED) is 0.709. The molecule has 1 unspecified atom stereocenters. The fraction of sp³-hybridized carbons (Fsp3) is 0.227. The van der Waals surface area contributed by atoms with Crippen LogP contribution >= 0.6 is 11.3 Å². The zero-order chi connectivity index (χ0) is 19.3. The van der Waals surface area contributed by atoms with E-state index in [4.69, 9.17) is 4.98 Å². The van der Waals surface area contributed by atoms with Gasteiger partial charge in [0.2, 0.25) is 5.91 Å². The van der Waals surface area contributed by atoms with E-state index in [2.05, 4.69) is 10.6 Å². The molecule has 6 heteroatoms. The van der Waals surface area contributed by atoms with Crippen LogP contribution in [0, 0.1) is 0 Å². The standard InChI is InChI=1S/C22H21N3O2S/c26-20-17(13-7-8-14-23-20)24-21(27)19-18(15-9-3-1-4-10-15)25-22(28-19)16-11-5-2-6-12-16/h1-6,9-12,17H,7-8,13-14H2,(H,23,26)(H,24,27). The van der Waals surface area contributed by atoms with Crippen LogP contribution in [0.1, 0.15) is 28.9 Å². The molecule has 1 atom stereocenters. The minimum Gasteiger partial charge on any atom is -0.354 e. The summed E-state index contributed by atoms with van der Waals surface area (Å²) in [5.41, 5.74) is 2.50. The van der Waals surface area contributed by atoms with E-state index in [0.29, 0.717) is 23.5 Å². The molecule has 2 heterocycles. The summed E-state index contributed by atoms with van der Waals surface area (Å²) in [5.74, 6) is -0.361. The van der Waals surface area contributed by atoms with Gasteiger partial charge in [0.15, 0.2) is 0 Å². The number of benzene rings is 2. The fourth-order valence-corrected chi connectivity index (χ4v) is 4.27. The lowest BCUT2D eigenvalue weighted by atomic mass is 10.1. The predicted molar refractivity (Wildman–Crippen MR) is 111 cm³/mol. The van der Waals surface area contributed by atoms with Crippen LogP contribution in [0.2, 0.25) is 0 Å². The van der Waals surface area contributed by atoms with Crippen molar-refractivity contribution in [1.29, 1.82) is 0 Å². The van der Waals surface area contributed by atoms with Crippen LogP contribution in [-0.4, -0.2) is 29.4 Å². The fourth-order valence-electron chi connectivity index (χ4n) is 3.27. The van der Waals surface area contributed by atoms with Crippen molar-refractivity contribution in [3.05, 3.63) is 65.5 Å². The summed E-state index contributed by atoms with van der Waals surface area (Å²) >= 11 is 1.36. The van der Waals surface area contributed by atoms with E-state index in [1.807, 2.05) is 60.7 Å². The molecule has 1 aliphatic heterocycles. The molecule has 0 bridgehead atoms. The summed E-state index contributed by atoms with van der Waals surface area (Å²) in [6.45, 7) is 0.666. The Morgan fingerprint density at radius 1 is 1.00 bits per heavy atom. The summed E-state index contributed by atoms with van der Waals surface area (Å²) in [4.78, 5) is 30.6. The zero-order valence-corrected chi connectivity index (χ0v) is 16.2. The molecule has 0 radical (unpaired) electrons. The number of thiazole rings is 1. The van der Waals surface area contributed by atoms with Gasteiger partial charge >= 0.3 is 0 Å². The number of nitrogens with one attached hydrogen (secondary N) is 2. The van der Waals surface area contributed by atoms with Gasteiger partial charge in [0.1, 0.15) is 15.9 Å². The highest BCUT2D eigenvalue weighted by atomic mass is 32.1. The van der Waals surface area contributed by atoms with Crippen molar-refractivity contribution in [2.24, 2.45) is 0 Å². The predicted octanol–water partition coefficient (Wildman–Crippen LogP) is 3.88. The van der Waals surface area contributed by atoms with E-state index in [0.717, 1.165) is 29.0 Å². The lowest BCUT2D eigenvalue weighted by Crippen LogP contribution is -2.45. The van der Waals surface area contributed by atoms with Gasteiger partial charge < -0.3 is 10.6 Å². The van der Waals surface area contributed by atoms with Crippen molar-refractivity contribution >= 4 is 23.2 Å². The van der Waals surface area contributed by atoms with Crippen molar-refractivity contribution in [1.82, 2.24) is 15.6 Å². The van der Waals surface area contributed by atoms with Gasteiger partial charge in [-0.2, -0.15) is 0 Å². The number of carbonyl (C=O) groups excluding carboxylic acids is 2. The second kappa shape index (κ2) is 8.35. The average molecular weight is 391 g/mol. The molecule has 0 saturated carbocycles. The number of hydrogen-bond acceptors (Lipinski definition) is 4. The zero-order valence-electron chi connectivity index (χ0n) is 15.4. The molecule has 4 rings (SSSR count). The first kappa shape index (κ1) is 18.4. The molecule has 2 aromatic carbocycles. The maximum atomic E-state index is 13.1. The summed E-state index contributed by atoms with van der Waals surface area (Å²) < 4.78 is 0. The van der Waals surface area contributed by atoms with E-state index in [-0.39, 0.29) is 11.8 Å².